The van der Waals surface area contributed by atoms with Gasteiger partial charge in [0.05, 0.1) is 19.9 Å². The maximum atomic E-state index is 11.8. The van der Waals surface area contributed by atoms with Gasteiger partial charge in [-0.2, -0.15) is 0 Å². The Bertz CT molecular complexity index is 364. The van der Waals surface area contributed by atoms with Crippen molar-refractivity contribution in [3.05, 3.63) is 12.4 Å². The van der Waals surface area contributed by atoms with Crippen LogP contribution in [0.3, 0.4) is 0 Å². The summed E-state index contributed by atoms with van der Waals surface area (Å²) in [6, 6.07) is 0. The molecule has 1 rings (SSSR count). The summed E-state index contributed by atoms with van der Waals surface area (Å²) in [6.07, 6.45) is 3.52. The minimum absolute atomic E-state index is 0.0107. The molecule has 1 amide bonds. The fourth-order valence-electron chi connectivity index (χ4n) is 1.32. The highest BCUT2D eigenvalue weighted by atomic mass is 16.5. The van der Waals surface area contributed by atoms with Crippen molar-refractivity contribution in [3.8, 4) is 0 Å². The van der Waals surface area contributed by atoms with Crippen molar-refractivity contribution in [1.29, 1.82) is 0 Å². The molecule has 0 saturated carbocycles. The number of aryl methyl sites for hydroxylation is 1. The van der Waals surface area contributed by atoms with Crippen molar-refractivity contribution in [2.24, 2.45) is 0 Å². The molecule has 1 aromatic rings. The maximum Gasteiger partial charge on any atom is 0.325 e. The second kappa shape index (κ2) is 6.62. The van der Waals surface area contributed by atoms with Crippen molar-refractivity contribution < 1.29 is 14.3 Å². The first-order valence-electron chi connectivity index (χ1n) is 5.36. The molecule has 0 aliphatic carbocycles. The van der Waals surface area contributed by atoms with Crippen molar-refractivity contribution in [2.45, 2.75) is 19.9 Å². The lowest BCUT2D eigenvalue weighted by atomic mass is 10.3. The van der Waals surface area contributed by atoms with Crippen LogP contribution in [0.1, 0.15) is 13.3 Å². The first-order chi connectivity index (χ1) is 8.17. The predicted molar refractivity (Wildman–Crippen MR) is 58.9 cm³/mol. The first-order valence-corrected chi connectivity index (χ1v) is 5.36. The first kappa shape index (κ1) is 13.1. The van der Waals surface area contributed by atoms with Crippen LogP contribution in [0.4, 0.5) is 0 Å². The van der Waals surface area contributed by atoms with E-state index in [2.05, 4.69) is 15.0 Å². The maximum absolute atomic E-state index is 11.8. The Kier molecular flexibility index (Phi) is 5.12. The molecule has 7 nitrogen and oxygen atoms in total. The quantitative estimate of drug-likeness (QED) is 0.637. The molecular weight excluding hydrogens is 224 g/mol. The summed E-state index contributed by atoms with van der Waals surface area (Å²) >= 11 is 0. The molecule has 0 aliphatic heterocycles. The van der Waals surface area contributed by atoms with Crippen LogP contribution in [-0.4, -0.2) is 52.0 Å². The van der Waals surface area contributed by atoms with Gasteiger partial charge in [-0.15, -0.1) is 5.10 Å². The van der Waals surface area contributed by atoms with Crippen LogP contribution >= 0.6 is 0 Å². The van der Waals surface area contributed by atoms with Gasteiger partial charge in [0.25, 0.3) is 0 Å². The van der Waals surface area contributed by atoms with Gasteiger partial charge in [-0.3, -0.25) is 14.3 Å². The van der Waals surface area contributed by atoms with Crippen LogP contribution < -0.4 is 0 Å². The molecule has 0 aliphatic rings. The predicted octanol–water partition coefficient (Wildman–Crippen LogP) is -0.310. The summed E-state index contributed by atoms with van der Waals surface area (Å²) in [4.78, 5) is 24.3. The number of rotatable bonds is 6. The van der Waals surface area contributed by atoms with Crippen molar-refractivity contribution in [1.82, 2.24) is 19.9 Å². The normalized spacial score (nSPS) is 10.0. The van der Waals surface area contributed by atoms with Gasteiger partial charge in [0, 0.05) is 19.2 Å². The molecule has 0 aromatic carbocycles. The Morgan fingerprint density at radius 1 is 1.47 bits per heavy atom. The summed E-state index contributed by atoms with van der Waals surface area (Å²) in [5, 5.41) is 7.40. The fraction of sp³-hybridized carbons (Fsp3) is 0.600. The highest BCUT2D eigenvalue weighted by Gasteiger charge is 2.15. The standard InChI is InChI=1S/C10H16N4O3/c1-3-13(8-10(16)17-2)9(15)4-6-14-7-5-11-12-14/h5,7H,3-4,6,8H2,1-2H3. The third-order valence-corrected chi connectivity index (χ3v) is 2.31. The zero-order valence-electron chi connectivity index (χ0n) is 10.00. The van der Waals surface area contributed by atoms with Crippen LogP contribution in [0.5, 0.6) is 0 Å². The van der Waals surface area contributed by atoms with Crippen molar-refractivity contribution in [2.75, 3.05) is 20.2 Å². The SMILES string of the molecule is CCN(CC(=O)OC)C(=O)CCn1ccnn1. The molecule has 1 aromatic heterocycles. The number of carbonyl (C=O) groups excluding carboxylic acids is 2. The Balaban J connectivity index is 2.41. The topological polar surface area (TPSA) is 77.3 Å². The van der Waals surface area contributed by atoms with E-state index < -0.39 is 5.97 Å². The average Bonchev–Trinajstić information content (AvgIpc) is 2.85. The number of methoxy groups -OCH3 is 1. The average molecular weight is 240 g/mol. The molecule has 0 unspecified atom stereocenters. The summed E-state index contributed by atoms with van der Waals surface area (Å²) in [7, 11) is 1.30. The van der Waals surface area contributed by atoms with Crippen molar-refractivity contribution in [3.63, 3.8) is 0 Å². The minimum atomic E-state index is -0.416. The van der Waals surface area contributed by atoms with Gasteiger partial charge < -0.3 is 9.64 Å². The summed E-state index contributed by atoms with van der Waals surface area (Å²) in [6.45, 7) is 2.74. The van der Waals surface area contributed by atoms with Gasteiger partial charge in [-0.05, 0) is 6.92 Å². The van der Waals surface area contributed by atoms with E-state index in [0.29, 0.717) is 13.1 Å². The number of aromatic nitrogens is 3. The number of amides is 1. The molecular formula is C10H16N4O3. The van der Waals surface area contributed by atoms with Gasteiger partial charge in [-0.1, -0.05) is 5.21 Å². The van der Waals surface area contributed by atoms with Gasteiger partial charge in [0.2, 0.25) is 5.91 Å². The van der Waals surface area contributed by atoms with Gasteiger partial charge in [0.15, 0.2) is 0 Å². The summed E-state index contributed by atoms with van der Waals surface area (Å²) < 4.78 is 6.10. The molecule has 1 heterocycles. The zero-order chi connectivity index (χ0) is 12.7. The van der Waals surface area contributed by atoms with E-state index in [0.717, 1.165) is 0 Å². The lowest BCUT2D eigenvalue weighted by molar-refractivity contribution is -0.147. The highest BCUT2D eigenvalue weighted by molar-refractivity contribution is 5.81. The number of carbonyl (C=O) groups is 2. The zero-order valence-corrected chi connectivity index (χ0v) is 10.00. The van der Waals surface area contributed by atoms with E-state index in [1.165, 1.54) is 12.0 Å². The van der Waals surface area contributed by atoms with E-state index >= 15 is 0 Å². The van der Waals surface area contributed by atoms with E-state index in [1.807, 2.05) is 6.92 Å². The van der Waals surface area contributed by atoms with E-state index in [-0.39, 0.29) is 18.9 Å². The fourth-order valence-corrected chi connectivity index (χ4v) is 1.32. The van der Waals surface area contributed by atoms with Crippen LogP contribution in [-0.2, 0) is 20.9 Å². The largest absolute Gasteiger partial charge is 0.468 e. The van der Waals surface area contributed by atoms with Crippen LogP contribution in [0.15, 0.2) is 12.4 Å². The number of hydrogen-bond acceptors (Lipinski definition) is 5. The molecule has 0 fully saturated rings. The highest BCUT2D eigenvalue weighted by Crippen LogP contribution is 1.97. The van der Waals surface area contributed by atoms with Crippen LogP contribution in [0, 0.1) is 0 Å². The van der Waals surface area contributed by atoms with Crippen molar-refractivity contribution >= 4 is 11.9 Å². The number of ether oxygens (including phenoxy) is 1. The molecule has 0 bridgehead atoms. The lowest BCUT2D eigenvalue weighted by Crippen LogP contribution is -2.36. The molecule has 0 spiro atoms. The Morgan fingerprint density at radius 2 is 2.24 bits per heavy atom. The summed E-state index contributed by atoms with van der Waals surface area (Å²) in [5.74, 6) is -0.519. The molecule has 7 heteroatoms. The number of hydrogen-bond donors (Lipinski definition) is 0. The van der Waals surface area contributed by atoms with Gasteiger partial charge >= 0.3 is 5.97 Å². The summed E-state index contributed by atoms with van der Waals surface area (Å²) in [5.41, 5.74) is 0. The smallest absolute Gasteiger partial charge is 0.325 e. The molecule has 94 valence electrons. The second-order valence-electron chi connectivity index (χ2n) is 3.40. The third kappa shape index (κ3) is 4.21. The lowest BCUT2D eigenvalue weighted by Gasteiger charge is -2.19. The molecule has 0 N–H and O–H groups in total. The van der Waals surface area contributed by atoms with E-state index in [9.17, 15) is 9.59 Å². The molecule has 0 saturated heterocycles. The Labute approximate surface area is 99.3 Å². The van der Waals surface area contributed by atoms with E-state index in [4.69, 9.17) is 0 Å². The Hall–Kier alpha value is -1.92. The second-order valence-corrected chi connectivity index (χ2v) is 3.40. The number of likely N-dealkylation sites (N-methyl/N-ethyl adjacent to an activating group) is 1. The van der Waals surface area contributed by atoms with E-state index in [1.54, 1.807) is 17.1 Å². The van der Waals surface area contributed by atoms with Crippen LogP contribution in [0.2, 0.25) is 0 Å². The van der Waals surface area contributed by atoms with Gasteiger partial charge in [-0.25, -0.2) is 0 Å². The minimum Gasteiger partial charge on any atom is -0.468 e. The molecule has 17 heavy (non-hydrogen) atoms. The van der Waals surface area contributed by atoms with Crippen LogP contribution in [0.25, 0.3) is 0 Å². The van der Waals surface area contributed by atoms with Gasteiger partial charge in [0.1, 0.15) is 6.54 Å². The number of esters is 1. The number of nitrogens with zero attached hydrogens (tertiary/aromatic N) is 4. The monoisotopic (exact) mass is 240 g/mol. The third-order valence-electron chi connectivity index (χ3n) is 2.31. The molecule has 0 radical (unpaired) electrons. The molecule has 0 atom stereocenters. The Morgan fingerprint density at radius 3 is 2.76 bits per heavy atom.